The first-order chi connectivity index (χ1) is 13.3. The molecule has 0 saturated carbocycles. The van der Waals surface area contributed by atoms with E-state index in [1.165, 1.54) is 37.2 Å². The Balaban J connectivity index is 1.49. The molecule has 0 atom stereocenters. The molecule has 0 radical (unpaired) electrons. The smallest absolute Gasteiger partial charge is 0.241 e. The first kappa shape index (κ1) is 18.7. The van der Waals surface area contributed by atoms with Crippen molar-refractivity contribution in [2.75, 3.05) is 19.6 Å². The number of halogens is 1. The Hall–Kier alpha value is -1.63. The average molecular weight is 446 g/mol. The molecular formula is C21H24BrN3OS. The van der Waals surface area contributed by atoms with Crippen LogP contribution in [0.3, 0.4) is 0 Å². The maximum Gasteiger partial charge on any atom is 0.241 e. The molecule has 142 valence electrons. The topological polar surface area (TPSA) is 30.3 Å². The van der Waals surface area contributed by atoms with E-state index in [2.05, 4.69) is 51.3 Å². The van der Waals surface area contributed by atoms with E-state index >= 15 is 0 Å². The highest BCUT2D eigenvalue weighted by Gasteiger charge is 2.16. The van der Waals surface area contributed by atoms with Gasteiger partial charge >= 0.3 is 0 Å². The Bertz CT molecular complexity index is 855. The van der Waals surface area contributed by atoms with E-state index in [1.807, 2.05) is 22.9 Å². The predicted octanol–water partition coefficient (Wildman–Crippen LogP) is 5.44. The Morgan fingerprint density at radius 1 is 1.00 bits per heavy atom. The van der Waals surface area contributed by atoms with Crippen LogP contribution in [0.5, 0.6) is 5.88 Å². The van der Waals surface area contributed by atoms with Gasteiger partial charge in [-0.2, -0.15) is 0 Å². The van der Waals surface area contributed by atoms with Crippen LogP contribution in [0, 0.1) is 0 Å². The second kappa shape index (κ2) is 9.04. The summed E-state index contributed by atoms with van der Waals surface area (Å²) in [6, 6.07) is 14.4. The first-order valence-corrected chi connectivity index (χ1v) is 11.1. The van der Waals surface area contributed by atoms with Crippen molar-refractivity contribution >= 4 is 27.3 Å². The van der Waals surface area contributed by atoms with Gasteiger partial charge in [-0.15, -0.1) is 16.4 Å². The van der Waals surface area contributed by atoms with Crippen LogP contribution in [0.15, 0.2) is 52.4 Å². The van der Waals surface area contributed by atoms with E-state index in [9.17, 15) is 0 Å². The molecule has 0 unspecified atom stereocenters. The van der Waals surface area contributed by atoms with Crippen molar-refractivity contribution in [1.29, 1.82) is 0 Å². The molecule has 27 heavy (non-hydrogen) atoms. The SMILES string of the molecule is Brc1ccc(-c2cn(CCN3CCCCC3)nc2OCc2ccccc2)s1. The molecule has 6 heteroatoms. The number of rotatable bonds is 7. The van der Waals surface area contributed by atoms with E-state index in [-0.39, 0.29) is 0 Å². The highest BCUT2D eigenvalue weighted by atomic mass is 79.9. The Morgan fingerprint density at radius 3 is 2.56 bits per heavy atom. The van der Waals surface area contributed by atoms with Gasteiger partial charge in [-0.25, -0.2) is 0 Å². The third-order valence-corrected chi connectivity index (χ3v) is 6.54. The number of hydrogen-bond acceptors (Lipinski definition) is 4. The number of thiophene rings is 1. The van der Waals surface area contributed by atoms with Gasteiger partial charge in [-0.3, -0.25) is 4.68 Å². The second-order valence-corrected chi connectivity index (χ2v) is 9.35. The van der Waals surface area contributed by atoms with Gasteiger partial charge in [0.25, 0.3) is 0 Å². The average Bonchev–Trinajstić information content (AvgIpc) is 3.32. The van der Waals surface area contributed by atoms with Gasteiger partial charge in [0.2, 0.25) is 5.88 Å². The number of nitrogens with zero attached hydrogens (tertiary/aromatic N) is 3. The molecule has 0 spiro atoms. The van der Waals surface area contributed by atoms with Crippen LogP contribution in [0.1, 0.15) is 24.8 Å². The summed E-state index contributed by atoms with van der Waals surface area (Å²) in [5.74, 6) is 0.715. The van der Waals surface area contributed by atoms with Gasteiger partial charge in [0.15, 0.2) is 0 Å². The summed E-state index contributed by atoms with van der Waals surface area (Å²) in [5, 5.41) is 4.75. The minimum Gasteiger partial charge on any atom is -0.471 e. The number of aromatic nitrogens is 2. The summed E-state index contributed by atoms with van der Waals surface area (Å²) >= 11 is 5.27. The van der Waals surface area contributed by atoms with Crippen LogP contribution < -0.4 is 4.74 Å². The summed E-state index contributed by atoms with van der Waals surface area (Å²) < 4.78 is 9.26. The van der Waals surface area contributed by atoms with Gasteiger partial charge < -0.3 is 9.64 Å². The Labute approximate surface area is 172 Å². The predicted molar refractivity (Wildman–Crippen MR) is 114 cm³/mol. The molecule has 2 aromatic heterocycles. The molecule has 1 aliphatic rings. The molecule has 0 aliphatic carbocycles. The zero-order valence-corrected chi connectivity index (χ0v) is 17.7. The largest absolute Gasteiger partial charge is 0.471 e. The van der Waals surface area contributed by atoms with E-state index in [4.69, 9.17) is 9.84 Å². The number of benzene rings is 1. The van der Waals surface area contributed by atoms with Crippen LogP contribution >= 0.6 is 27.3 Å². The molecule has 1 saturated heterocycles. The minimum absolute atomic E-state index is 0.531. The van der Waals surface area contributed by atoms with Gasteiger partial charge in [0, 0.05) is 17.6 Å². The zero-order valence-electron chi connectivity index (χ0n) is 15.3. The van der Waals surface area contributed by atoms with E-state index < -0.39 is 0 Å². The number of hydrogen-bond donors (Lipinski definition) is 0. The number of likely N-dealkylation sites (tertiary alicyclic amines) is 1. The molecule has 4 rings (SSSR count). The van der Waals surface area contributed by atoms with Crippen molar-refractivity contribution in [3.05, 3.63) is 58.0 Å². The number of ether oxygens (including phenoxy) is 1. The van der Waals surface area contributed by atoms with Gasteiger partial charge in [0.05, 0.1) is 15.9 Å². The van der Waals surface area contributed by atoms with Crippen LogP contribution in [0.25, 0.3) is 10.4 Å². The highest BCUT2D eigenvalue weighted by Crippen LogP contribution is 2.36. The third-order valence-electron chi connectivity index (χ3n) is 4.88. The summed E-state index contributed by atoms with van der Waals surface area (Å²) in [6.45, 7) is 4.90. The second-order valence-electron chi connectivity index (χ2n) is 6.89. The molecule has 1 fully saturated rings. The molecule has 0 N–H and O–H groups in total. The molecule has 0 amide bonds. The summed E-state index contributed by atoms with van der Waals surface area (Å²) in [7, 11) is 0. The van der Waals surface area contributed by atoms with Crippen LogP contribution in [0.2, 0.25) is 0 Å². The van der Waals surface area contributed by atoms with Crippen molar-refractivity contribution in [1.82, 2.24) is 14.7 Å². The fourth-order valence-electron chi connectivity index (χ4n) is 3.41. The molecule has 0 bridgehead atoms. The van der Waals surface area contributed by atoms with Crippen LogP contribution in [-0.4, -0.2) is 34.3 Å². The van der Waals surface area contributed by atoms with E-state index in [0.29, 0.717) is 12.5 Å². The Morgan fingerprint density at radius 2 is 1.81 bits per heavy atom. The van der Waals surface area contributed by atoms with E-state index in [1.54, 1.807) is 11.3 Å². The molecule has 1 aliphatic heterocycles. The van der Waals surface area contributed by atoms with E-state index in [0.717, 1.165) is 28.0 Å². The van der Waals surface area contributed by atoms with Crippen LogP contribution in [-0.2, 0) is 13.2 Å². The molecule has 4 nitrogen and oxygen atoms in total. The van der Waals surface area contributed by atoms with Crippen molar-refractivity contribution in [3.8, 4) is 16.3 Å². The van der Waals surface area contributed by atoms with Crippen molar-refractivity contribution in [2.45, 2.75) is 32.4 Å². The maximum absolute atomic E-state index is 6.11. The fourth-order valence-corrected chi connectivity index (χ4v) is 4.79. The summed E-state index contributed by atoms with van der Waals surface area (Å²) in [6.07, 6.45) is 6.13. The lowest BCUT2D eigenvalue weighted by molar-refractivity contribution is 0.216. The quantitative estimate of drug-likeness (QED) is 0.484. The standard InChI is InChI=1S/C21H24BrN3OS/c22-20-10-9-19(27-20)18-15-25(14-13-24-11-5-2-6-12-24)23-21(18)26-16-17-7-3-1-4-8-17/h1,3-4,7-10,15H,2,5-6,11-14,16H2. The lowest BCUT2D eigenvalue weighted by Gasteiger charge is -2.26. The first-order valence-electron chi connectivity index (χ1n) is 9.50. The zero-order chi connectivity index (χ0) is 18.5. The van der Waals surface area contributed by atoms with Gasteiger partial charge in [-0.1, -0.05) is 36.8 Å². The molecule has 3 aromatic rings. The van der Waals surface area contributed by atoms with Crippen molar-refractivity contribution in [2.24, 2.45) is 0 Å². The fraction of sp³-hybridized carbons (Fsp3) is 0.381. The molecule has 1 aromatic carbocycles. The lowest BCUT2D eigenvalue weighted by atomic mass is 10.1. The molecule has 3 heterocycles. The van der Waals surface area contributed by atoms with Crippen LogP contribution in [0.4, 0.5) is 0 Å². The highest BCUT2D eigenvalue weighted by molar-refractivity contribution is 9.11. The third kappa shape index (κ3) is 5.00. The van der Waals surface area contributed by atoms with Gasteiger partial charge in [-0.05, 0) is 59.6 Å². The number of piperidine rings is 1. The summed E-state index contributed by atoms with van der Waals surface area (Å²) in [4.78, 5) is 3.71. The van der Waals surface area contributed by atoms with Gasteiger partial charge in [0.1, 0.15) is 6.61 Å². The lowest BCUT2D eigenvalue weighted by Crippen LogP contribution is -2.32. The monoisotopic (exact) mass is 445 g/mol. The normalized spacial score (nSPS) is 15.1. The Kier molecular flexibility index (Phi) is 6.27. The summed E-state index contributed by atoms with van der Waals surface area (Å²) in [5.41, 5.74) is 2.22. The maximum atomic E-state index is 6.11. The van der Waals surface area contributed by atoms with Crippen molar-refractivity contribution in [3.63, 3.8) is 0 Å². The minimum atomic E-state index is 0.531. The van der Waals surface area contributed by atoms with Crippen molar-refractivity contribution < 1.29 is 4.74 Å². The molecular weight excluding hydrogens is 422 g/mol.